The van der Waals surface area contributed by atoms with E-state index >= 15 is 0 Å². The Bertz CT molecular complexity index is 459. The van der Waals surface area contributed by atoms with E-state index in [2.05, 4.69) is 45.9 Å². The first-order chi connectivity index (χ1) is 12.3. The molecule has 2 rings (SSSR count). The lowest BCUT2D eigenvalue weighted by Crippen LogP contribution is -2.44. The Balaban J connectivity index is 0.00000151. The molecule has 6 heteroatoms. The highest BCUT2D eigenvalue weighted by Gasteiger charge is 2.09. The highest BCUT2D eigenvalue weighted by molar-refractivity contribution is 5.62. The van der Waals surface area contributed by atoms with Crippen molar-refractivity contribution in [3.05, 3.63) is 25.2 Å². The van der Waals surface area contributed by atoms with Gasteiger partial charge in [0.15, 0.2) is 5.82 Å². The number of hydrogen-bond donors (Lipinski definition) is 3. The van der Waals surface area contributed by atoms with Crippen LogP contribution >= 0.6 is 0 Å². The molecule has 0 unspecified atom stereocenters. The van der Waals surface area contributed by atoms with Crippen molar-refractivity contribution in [2.24, 2.45) is 0 Å². The van der Waals surface area contributed by atoms with Crippen LogP contribution < -0.4 is 16.0 Å². The molecule has 0 saturated carbocycles. The van der Waals surface area contributed by atoms with Crippen molar-refractivity contribution < 1.29 is 0 Å². The summed E-state index contributed by atoms with van der Waals surface area (Å²) in [4.78, 5) is 11.7. The zero-order valence-corrected chi connectivity index (χ0v) is 16.1. The third-order valence-corrected chi connectivity index (χ3v) is 4.27. The minimum atomic E-state index is 0.939. The van der Waals surface area contributed by atoms with E-state index in [9.17, 15) is 0 Å². The molecule has 0 spiro atoms. The van der Waals surface area contributed by atoms with Crippen molar-refractivity contribution in [1.82, 2.24) is 20.2 Å². The number of hydrogen-bond acceptors (Lipinski definition) is 6. The average molecular weight is 349 g/mol. The van der Waals surface area contributed by atoms with E-state index in [0.29, 0.717) is 0 Å². The molecule has 0 amide bonds. The number of anilines is 2. The molecule has 3 N–H and O–H groups in total. The summed E-state index contributed by atoms with van der Waals surface area (Å²) in [6.45, 7) is 14.9. The van der Waals surface area contributed by atoms with Gasteiger partial charge in [0.25, 0.3) is 0 Å². The summed E-state index contributed by atoms with van der Waals surface area (Å²) in [7, 11) is 1.92. The molecule has 25 heavy (non-hydrogen) atoms. The minimum absolute atomic E-state index is 0.939. The topological polar surface area (TPSA) is 65.1 Å². The summed E-state index contributed by atoms with van der Waals surface area (Å²) in [6, 6.07) is 0. The molecule has 1 aliphatic rings. The zero-order valence-electron chi connectivity index (χ0n) is 16.1. The maximum absolute atomic E-state index is 4.69. The van der Waals surface area contributed by atoms with Gasteiger partial charge in [0.2, 0.25) is 0 Å². The third kappa shape index (κ3) is 8.31. The second kappa shape index (κ2) is 13.6. The second-order valence-corrected chi connectivity index (χ2v) is 6.13. The van der Waals surface area contributed by atoms with E-state index in [1.807, 2.05) is 13.2 Å². The van der Waals surface area contributed by atoms with Gasteiger partial charge in [0, 0.05) is 46.2 Å². The predicted molar refractivity (Wildman–Crippen MR) is 108 cm³/mol. The van der Waals surface area contributed by atoms with Crippen LogP contribution in [0.1, 0.15) is 38.4 Å². The fraction of sp³-hybridized carbons (Fsp3) is 0.684. The zero-order chi connectivity index (χ0) is 18.3. The van der Waals surface area contributed by atoms with Gasteiger partial charge in [-0.25, -0.2) is 9.97 Å². The van der Waals surface area contributed by atoms with Crippen LogP contribution in [0, 0.1) is 0 Å². The van der Waals surface area contributed by atoms with Crippen LogP contribution in [0.25, 0.3) is 0 Å². The van der Waals surface area contributed by atoms with Crippen molar-refractivity contribution in [1.29, 1.82) is 0 Å². The van der Waals surface area contributed by atoms with Crippen LogP contribution in [0.2, 0.25) is 0 Å². The Morgan fingerprint density at radius 1 is 1.20 bits per heavy atom. The van der Waals surface area contributed by atoms with Crippen molar-refractivity contribution in [3.8, 4) is 0 Å². The van der Waals surface area contributed by atoms with Gasteiger partial charge in [0.05, 0.1) is 11.9 Å². The average Bonchev–Trinajstić information content (AvgIpc) is 2.68. The van der Waals surface area contributed by atoms with Gasteiger partial charge in [0.1, 0.15) is 5.82 Å². The van der Waals surface area contributed by atoms with E-state index in [0.717, 1.165) is 75.9 Å². The van der Waals surface area contributed by atoms with Gasteiger partial charge in [-0.3, -0.25) is 0 Å². The summed E-state index contributed by atoms with van der Waals surface area (Å²) in [5.74, 6) is 1.89. The molecule has 0 radical (unpaired) electrons. The molecule has 142 valence electrons. The lowest BCUT2D eigenvalue weighted by atomic mass is 10.2. The number of nitrogens with zero attached hydrogens (tertiary/aromatic N) is 3. The first kappa shape index (κ1) is 21.4. The van der Waals surface area contributed by atoms with E-state index in [4.69, 9.17) is 4.98 Å². The molecule has 1 fully saturated rings. The Labute approximate surface area is 153 Å². The Hall–Kier alpha value is -1.66. The molecule has 1 saturated heterocycles. The molecular formula is C19H36N6. The number of rotatable bonds is 10. The number of nitrogens with one attached hydrogen (secondary N) is 3. The molecule has 0 atom stereocenters. The molecule has 1 aromatic heterocycles. The molecule has 0 aromatic carbocycles. The van der Waals surface area contributed by atoms with E-state index in [-0.39, 0.29) is 0 Å². The summed E-state index contributed by atoms with van der Waals surface area (Å²) in [5, 5.41) is 10.0. The molecule has 2 heterocycles. The minimum Gasteiger partial charge on any atom is -0.384 e. The van der Waals surface area contributed by atoms with Gasteiger partial charge < -0.3 is 20.9 Å². The van der Waals surface area contributed by atoms with Crippen molar-refractivity contribution in [3.63, 3.8) is 0 Å². The summed E-state index contributed by atoms with van der Waals surface area (Å²) < 4.78 is 0. The first-order valence-corrected chi connectivity index (χ1v) is 9.54. The van der Waals surface area contributed by atoms with Crippen LogP contribution in [-0.4, -0.2) is 61.2 Å². The van der Waals surface area contributed by atoms with Gasteiger partial charge in [-0.2, -0.15) is 0 Å². The Morgan fingerprint density at radius 3 is 2.64 bits per heavy atom. The van der Waals surface area contributed by atoms with Crippen LogP contribution in [0.3, 0.4) is 0 Å². The fourth-order valence-corrected chi connectivity index (χ4v) is 2.83. The predicted octanol–water partition coefficient (Wildman–Crippen LogP) is 2.76. The Kier molecular flexibility index (Phi) is 11.6. The number of unbranched alkanes of at least 4 members (excludes halogenated alkanes) is 2. The SMILES string of the molecule is C=C.CCCCCc1ncc(NC)c(NCCCN2CCNCC2)n1. The molecule has 6 nitrogen and oxygen atoms in total. The molecule has 0 bridgehead atoms. The molecular weight excluding hydrogens is 312 g/mol. The summed E-state index contributed by atoms with van der Waals surface area (Å²) >= 11 is 0. The van der Waals surface area contributed by atoms with Gasteiger partial charge in [-0.05, 0) is 19.4 Å². The van der Waals surface area contributed by atoms with E-state index in [1.54, 1.807) is 0 Å². The van der Waals surface area contributed by atoms with Crippen molar-refractivity contribution >= 4 is 11.5 Å². The van der Waals surface area contributed by atoms with Gasteiger partial charge in [-0.1, -0.05) is 19.8 Å². The van der Waals surface area contributed by atoms with Gasteiger partial charge >= 0.3 is 0 Å². The molecule has 1 aromatic rings. The lowest BCUT2D eigenvalue weighted by Gasteiger charge is -2.27. The van der Waals surface area contributed by atoms with E-state index < -0.39 is 0 Å². The van der Waals surface area contributed by atoms with Crippen molar-refractivity contribution in [2.45, 2.75) is 39.0 Å². The molecule has 0 aliphatic carbocycles. The second-order valence-electron chi connectivity index (χ2n) is 6.13. The third-order valence-electron chi connectivity index (χ3n) is 4.27. The Morgan fingerprint density at radius 2 is 1.96 bits per heavy atom. The molecule has 1 aliphatic heterocycles. The van der Waals surface area contributed by atoms with Crippen LogP contribution in [0.15, 0.2) is 19.4 Å². The van der Waals surface area contributed by atoms with E-state index in [1.165, 1.54) is 12.8 Å². The first-order valence-electron chi connectivity index (χ1n) is 9.54. The van der Waals surface area contributed by atoms with Crippen LogP contribution in [-0.2, 0) is 6.42 Å². The highest BCUT2D eigenvalue weighted by Crippen LogP contribution is 2.18. The summed E-state index contributed by atoms with van der Waals surface area (Å²) in [5.41, 5.74) is 0.978. The maximum Gasteiger partial charge on any atom is 0.153 e. The standard InChI is InChI=1S/C17H32N6.C2H4/c1-3-4-5-7-16-21-14-15(18-2)17(22-16)20-8-6-11-23-12-9-19-10-13-23;1-2/h14,18-19H,3-13H2,1-2H3,(H,20,21,22);1-2H2. The quantitative estimate of drug-likeness (QED) is 0.446. The largest absolute Gasteiger partial charge is 0.384 e. The fourth-order valence-electron chi connectivity index (χ4n) is 2.83. The smallest absolute Gasteiger partial charge is 0.153 e. The number of aromatic nitrogens is 2. The number of piperazine rings is 1. The van der Waals surface area contributed by atoms with Crippen LogP contribution in [0.4, 0.5) is 11.5 Å². The highest BCUT2D eigenvalue weighted by atomic mass is 15.2. The monoisotopic (exact) mass is 348 g/mol. The van der Waals surface area contributed by atoms with Gasteiger partial charge in [-0.15, -0.1) is 13.2 Å². The van der Waals surface area contributed by atoms with Crippen LogP contribution in [0.5, 0.6) is 0 Å². The number of aryl methyl sites for hydroxylation is 1. The lowest BCUT2D eigenvalue weighted by molar-refractivity contribution is 0.240. The normalized spacial score (nSPS) is 14.5. The van der Waals surface area contributed by atoms with Crippen molar-refractivity contribution in [2.75, 3.05) is 56.9 Å². The summed E-state index contributed by atoms with van der Waals surface area (Å²) in [6.07, 6.45) is 7.63. The maximum atomic E-state index is 4.69.